The Labute approximate surface area is 119 Å². The van der Waals surface area contributed by atoms with Crippen LogP contribution in [0.1, 0.15) is 18.9 Å². The summed E-state index contributed by atoms with van der Waals surface area (Å²) in [6.07, 6.45) is 2.31. The van der Waals surface area contributed by atoms with Crippen LogP contribution < -0.4 is 0 Å². The molecule has 100 valence electrons. The van der Waals surface area contributed by atoms with E-state index in [1.807, 2.05) is 17.5 Å². The number of ether oxygens (including phenoxy) is 1. The number of hydrogen-bond acceptors (Lipinski definition) is 6. The molecule has 0 N–H and O–H groups in total. The summed E-state index contributed by atoms with van der Waals surface area (Å²) in [5.74, 6) is 0.934. The maximum Gasteiger partial charge on any atom is 0.316 e. The fourth-order valence-electron chi connectivity index (χ4n) is 1.79. The van der Waals surface area contributed by atoms with Crippen molar-refractivity contribution in [3.8, 4) is 10.7 Å². The molecule has 0 atom stereocenters. The summed E-state index contributed by atoms with van der Waals surface area (Å²) in [6, 6.07) is 4.53. The van der Waals surface area contributed by atoms with Crippen LogP contribution in [0.2, 0.25) is 0 Å². The van der Waals surface area contributed by atoms with Gasteiger partial charge in [-0.2, -0.15) is 0 Å². The fraction of sp³-hybridized carbons (Fsp3) is 0.417. The van der Waals surface area contributed by atoms with Gasteiger partial charge in [0.25, 0.3) is 0 Å². The highest BCUT2D eigenvalue weighted by Crippen LogP contribution is 2.41. The second-order valence-corrected chi connectivity index (χ2v) is 6.14. The summed E-state index contributed by atoms with van der Waals surface area (Å²) >= 11 is 3.04. The number of thiophene rings is 1. The van der Waals surface area contributed by atoms with E-state index in [0.717, 1.165) is 28.7 Å². The SMILES string of the molecule is COC(=O)CSc1nnc(-c2cccs2)n1C1CC1. The molecular formula is C12H13N3O2S2. The van der Waals surface area contributed by atoms with Crippen molar-refractivity contribution in [3.05, 3.63) is 17.5 Å². The zero-order chi connectivity index (χ0) is 13.2. The third-order valence-corrected chi connectivity index (χ3v) is 4.65. The molecule has 1 aliphatic carbocycles. The Kier molecular flexibility index (Phi) is 3.56. The molecule has 0 unspecified atom stereocenters. The van der Waals surface area contributed by atoms with Gasteiger partial charge in [0.1, 0.15) is 0 Å². The Morgan fingerprint density at radius 2 is 2.42 bits per heavy atom. The summed E-state index contributed by atoms with van der Waals surface area (Å²) in [6.45, 7) is 0. The van der Waals surface area contributed by atoms with Crippen LogP contribution in [0.25, 0.3) is 10.7 Å². The number of methoxy groups -OCH3 is 1. The Balaban J connectivity index is 1.86. The highest BCUT2D eigenvalue weighted by atomic mass is 32.2. The minimum absolute atomic E-state index is 0.243. The summed E-state index contributed by atoms with van der Waals surface area (Å²) in [7, 11) is 1.39. The molecule has 0 radical (unpaired) electrons. The number of carbonyl (C=O) groups excluding carboxylic acids is 1. The molecule has 2 heterocycles. The molecule has 1 saturated carbocycles. The molecule has 0 amide bonds. The molecule has 1 fully saturated rings. The summed E-state index contributed by atoms with van der Waals surface area (Å²) in [4.78, 5) is 12.3. The first-order chi connectivity index (χ1) is 9.29. The highest BCUT2D eigenvalue weighted by molar-refractivity contribution is 7.99. The Bertz CT molecular complexity index is 576. The van der Waals surface area contributed by atoms with Crippen molar-refractivity contribution in [1.29, 1.82) is 0 Å². The molecule has 2 aromatic heterocycles. The lowest BCUT2D eigenvalue weighted by Crippen LogP contribution is -2.05. The predicted octanol–water partition coefficient (Wildman–Crippen LogP) is 2.61. The van der Waals surface area contributed by atoms with E-state index in [9.17, 15) is 4.79 Å². The smallest absolute Gasteiger partial charge is 0.316 e. The van der Waals surface area contributed by atoms with Gasteiger partial charge >= 0.3 is 5.97 Å². The van der Waals surface area contributed by atoms with Gasteiger partial charge in [0.2, 0.25) is 0 Å². The van der Waals surface area contributed by atoms with Crippen molar-refractivity contribution >= 4 is 29.1 Å². The van der Waals surface area contributed by atoms with Gasteiger partial charge in [0.15, 0.2) is 11.0 Å². The van der Waals surface area contributed by atoms with Crippen LogP contribution in [0.4, 0.5) is 0 Å². The standard InChI is InChI=1S/C12H13N3O2S2/c1-17-10(16)7-19-12-14-13-11(9-3-2-6-18-9)15(12)8-4-5-8/h2-3,6,8H,4-5,7H2,1H3. The van der Waals surface area contributed by atoms with Crippen LogP contribution in [0.15, 0.2) is 22.7 Å². The Morgan fingerprint density at radius 1 is 1.58 bits per heavy atom. The average molecular weight is 295 g/mol. The third kappa shape index (κ3) is 2.66. The number of hydrogen-bond donors (Lipinski definition) is 0. The second kappa shape index (κ2) is 5.34. The van der Waals surface area contributed by atoms with E-state index in [0.29, 0.717) is 6.04 Å². The first-order valence-corrected chi connectivity index (χ1v) is 7.84. The van der Waals surface area contributed by atoms with E-state index in [4.69, 9.17) is 0 Å². The maximum absolute atomic E-state index is 11.2. The van der Waals surface area contributed by atoms with E-state index in [1.165, 1.54) is 18.9 Å². The van der Waals surface area contributed by atoms with Gasteiger partial charge in [0, 0.05) is 6.04 Å². The van der Waals surface area contributed by atoms with Crippen LogP contribution in [-0.2, 0) is 9.53 Å². The van der Waals surface area contributed by atoms with Crippen molar-refractivity contribution in [3.63, 3.8) is 0 Å². The zero-order valence-electron chi connectivity index (χ0n) is 10.4. The lowest BCUT2D eigenvalue weighted by molar-refractivity contribution is -0.137. The third-order valence-electron chi connectivity index (χ3n) is 2.86. The lowest BCUT2D eigenvalue weighted by atomic mass is 10.4. The average Bonchev–Trinajstić information content (AvgIpc) is 2.96. The topological polar surface area (TPSA) is 57.0 Å². The normalized spacial score (nSPS) is 14.6. The summed E-state index contributed by atoms with van der Waals surface area (Å²) in [5.41, 5.74) is 0. The Morgan fingerprint density at radius 3 is 3.05 bits per heavy atom. The first kappa shape index (κ1) is 12.7. The van der Waals surface area contributed by atoms with Gasteiger partial charge in [-0.3, -0.25) is 9.36 Å². The van der Waals surface area contributed by atoms with Crippen molar-refractivity contribution < 1.29 is 9.53 Å². The number of thioether (sulfide) groups is 1. The van der Waals surface area contributed by atoms with Crippen LogP contribution in [0, 0.1) is 0 Å². The van der Waals surface area contributed by atoms with Crippen LogP contribution in [-0.4, -0.2) is 33.6 Å². The van der Waals surface area contributed by atoms with E-state index in [1.54, 1.807) is 11.3 Å². The van der Waals surface area contributed by atoms with Crippen molar-refractivity contribution in [1.82, 2.24) is 14.8 Å². The van der Waals surface area contributed by atoms with E-state index < -0.39 is 0 Å². The fourth-order valence-corrected chi connectivity index (χ4v) is 3.34. The molecular weight excluding hydrogens is 282 g/mol. The van der Waals surface area contributed by atoms with Gasteiger partial charge in [-0.05, 0) is 24.3 Å². The molecule has 1 aliphatic rings. The molecule has 0 aromatic carbocycles. The van der Waals surface area contributed by atoms with Crippen LogP contribution >= 0.6 is 23.1 Å². The van der Waals surface area contributed by atoms with Crippen LogP contribution in [0.5, 0.6) is 0 Å². The monoisotopic (exact) mass is 295 g/mol. The quantitative estimate of drug-likeness (QED) is 0.627. The molecule has 0 aliphatic heterocycles. The molecule has 0 saturated heterocycles. The molecule has 3 rings (SSSR count). The maximum atomic E-state index is 11.2. The van der Waals surface area contributed by atoms with Gasteiger partial charge < -0.3 is 4.74 Å². The van der Waals surface area contributed by atoms with E-state index in [-0.39, 0.29) is 11.7 Å². The second-order valence-electron chi connectivity index (χ2n) is 4.25. The molecule has 0 spiro atoms. The number of nitrogens with zero attached hydrogens (tertiary/aromatic N) is 3. The zero-order valence-corrected chi connectivity index (χ0v) is 12.0. The van der Waals surface area contributed by atoms with Gasteiger partial charge in [-0.1, -0.05) is 17.8 Å². The number of rotatable bonds is 5. The predicted molar refractivity (Wildman–Crippen MR) is 74.3 cm³/mol. The number of aromatic nitrogens is 3. The largest absolute Gasteiger partial charge is 0.468 e. The summed E-state index contributed by atoms with van der Waals surface area (Å²) in [5, 5.41) is 11.3. The summed E-state index contributed by atoms with van der Waals surface area (Å²) < 4.78 is 6.80. The van der Waals surface area contributed by atoms with Crippen molar-refractivity contribution in [2.45, 2.75) is 24.0 Å². The lowest BCUT2D eigenvalue weighted by Gasteiger charge is -2.06. The number of carbonyl (C=O) groups is 1. The van der Waals surface area contributed by atoms with Crippen LogP contribution in [0.3, 0.4) is 0 Å². The number of esters is 1. The van der Waals surface area contributed by atoms with E-state index in [2.05, 4.69) is 19.5 Å². The first-order valence-electron chi connectivity index (χ1n) is 5.98. The van der Waals surface area contributed by atoms with Gasteiger partial charge in [0.05, 0.1) is 17.7 Å². The van der Waals surface area contributed by atoms with Gasteiger partial charge in [-0.15, -0.1) is 21.5 Å². The van der Waals surface area contributed by atoms with Gasteiger partial charge in [-0.25, -0.2) is 0 Å². The highest BCUT2D eigenvalue weighted by Gasteiger charge is 2.30. The molecule has 5 nitrogen and oxygen atoms in total. The van der Waals surface area contributed by atoms with Crippen molar-refractivity contribution in [2.24, 2.45) is 0 Å². The minimum Gasteiger partial charge on any atom is -0.468 e. The molecule has 7 heteroatoms. The molecule has 0 bridgehead atoms. The molecule has 2 aromatic rings. The molecule has 19 heavy (non-hydrogen) atoms. The van der Waals surface area contributed by atoms with E-state index >= 15 is 0 Å². The Hall–Kier alpha value is -1.34. The van der Waals surface area contributed by atoms with Crippen molar-refractivity contribution in [2.75, 3.05) is 12.9 Å². The minimum atomic E-state index is -0.243.